The lowest BCUT2D eigenvalue weighted by molar-refractivity contribution is 0.0696. The number of aromatic hydroxyl groups is 1. The monoisotopic (exact) mass is 680 g/mol. The third-order valence-corrected chi connectivity index (χ3v) is 10.0. The van der Waals surface area contributed by atoms with Gasteiger partial charge in [-0.15, -0.1) is 0 Å². The lowest BCUT2D eigenvalue weighted by atomic mass is 9.97. The molecule has 8 nitrogen and oxygen atoms in total. The summed E-state index contributed by atoms with van der Waals surface area (Å²) in [5.41, 5.74) is 4.92. The van der Waals surface area contributed by atoms with Gasteiger partial charge in [0.1, 0.15) is 16.4 Å². The first-order valence-corrected chi connectivity index (χ1v) is 17.2. The minimum atomic E-state index is -4.01. The number of carbonyl (C=O) groups is 1. The molecule has 0 amide bonds. The Morgan fingerprint density at radius 1 is 0.792 bits per heavy atom. The maximum absolute atomic E-state index is 13.3. The van der Waals surface area contributed by atoms with Crippen molar-refractivity contribution in [2.24, 2.45) is 0 Å². The Hall–Kier alpha value is -5.09. The van der Waals surface area contributed by atoms with Crippen molar-refractivity contribution in [2.45, 2.75) is 23.8 Å². The van der Waals surface area contributed by atoms with Gasteiger partial charge in [0.2, 0.25) is 10.0 Å². The van der Waals surface area contributed by atoms with Crippen LogP contribution < -0.4 is 9.46 Å². The van der Waals surface area contributed by atoms with Gasteiger partial charge in [0.15, 0.2) is 0 Å². The first kappa shape index (κ1) is 32.8. The van der Waals surface area contributed by atoms with Crippen LogP contribution in [0.25, 0.3) is 10.9 Å². The Kier molecular flexibility index (Phi) is 9.82. The van der Waals surface area contributed by atoms with Crippen molar-refractivity contribution >= 4 is 38.5 Å². The zero-order valence-corrected chi connectivity index (χ0v) is 27.4. The van der Waals surface area contributed by atoms with E-state index in [2.05, 4.69) is 33.6 Å². The molecular weight excluding hydrogens is 648 g/mol. The van der Waals surface area contributed by atoms with Gasteiger partial charge in [-0.05, 0) is 65.2 Å². The smallest absolute Gasteiger partial charge is 0.335 e. The van der Waals surface area contributed by atoms with Gasteiger partial charge in [0, 0.05) is 30.5 Å². The lowest BCUT2D eigenvalue weighted by Gasteiger charge is -2.25. The standard InChI is InChI=1S/C38H33ClN2O6S/c39-31-14-9-15-33-36(31)30(23-25-47-29-20-18-28(19-21-29)38(43)44)32(22-24-40-48(45,46)35-17-8-7-16-34(35)42)41(33)37(26-10-3-1-4-11-26)27-12-5-2-6-13-27/h1-21,37,40,42H,22-25H2,(H,43,44). The van der Waals surface area contributed by atoms with Crippen LogP contribution in [0.4, 0.5) is 0 Å². The van der Waals surface area contributed by atoms with E-state index in [4.69, 9.17) is 16.3 Å². The van der Waals surface area contributed by atoms with Crippen LogP contribution in [0.3, 0.4) is 0 Å². The van der Waals surface area contributed by atoms with Crippen LogP contribution in [-0.4, -0.2) is 42.3 Å². The maximum Gasteiger partial charge on any atom is 0.335 e. The summed E-state index contributed by atoms with van der Waals surface area (Å²) in [4.78, 5) is 11.1. The number of phenols is 1. The number of nitrogens with zero attached hydrogens (tertiary/aromatic N) is 1. The number of rotatable bonds is 13. The zero-order chi connectivity index (χ0) is 33.7. The molecule has 0 unspecified atom stereocenters. The quantitative estimate of drug-likeness (QED) is 0.116. The summed E-state index contributed by atoms with van der Waals surface area (Å²) >= 11 is 6.94. The summed E-state index contributed by atoms with van der Waals surface area (Å²) in [5.74, 6) is -0.815. The zero-order valence-electron chi connectivity index (χ0n) is 25.8. The molecule has 0 spiro atoms. The number of aromatic nitrogens is 1. The van der Waals surface area contributed by atoms with E-state index in [1.54, 1.807) is 24.3 Å². The summed E-state index contributed by atoms with van der Waals surface area (Å²) in [7, 11) is -4.01. The molecule has 10 heteroatoms. The highest BCUT2D eigenvalue weighted by atomic mass is 35.5. The van der Waals surface area contributed by atoms with Crippen LogP contribution in [0.15, 0.2) is 132 Å². The highest BCUT2D eigenvalue weighted by molar-refractivity contribution is 7.89. The van der Waals surface area contributed by atoms with Gasteiger partial charge < -0.3 is 19.5 Å². The number of sulfonamides is 1. The Balaban J connectivity index is 1.44. The molecule has 48 heavy (non-hydrogen) atoms. The van der Waals surface area contributed by atoms with E-state index in [1.165, 1.54) is 24.3 Å². The van der Waals surface area contributed by atoms with Gasteiger partial charge in [-0.25, -0.2) is 17.9 Å². The number of carboxylic acids is 1. The average molecular weight is 681 g/mol. The van der Waals surface area contributed by atoms with E-state index >= 15 is 0 Å². The fourth-order valence-corrected chi connectivity index (χ4v) is 7.49. The molecule has 0 aliphatic carbocycles. The minimum absolute atomic E-state index is 0.0470. The number of phenolic OH excluding ortho intramolecular Hbond substituents is 1. The van der Waals surface area contributed by atoms with Crippen molar-refractivity contribution in [2.75, 3.05) is 13.2 Å². The molecule has 0 bridgehead atoms. The first-order chi connectivity index (χ1) is 23.2. The highest BCUT2D eigenvalue weighted by Crippen LogP contribution is 2.39. The Bertz CT molecular complexity index is 2110. The molecule has 0 aliphatic heterocycles. The number of aromatic carboxylic acids is 1. The second-order valence-electron chi connectivity index (χ2n) is 11.2. The van der Waals surface area contributed by atoms with E-state index in [-0.39, 0.29) is 35.4 Å². The van der Waals surface area contributed by atoms with Crippen molar-refractivity contribution in [1.29, 1.82) is 0 Å². The number of ether oxygens (including phenoxy) is 1. The SMILES string of the molecule is O=C(O)c1ccc(OCCc2c(CCNS(=O)(=O)c3ccccc3O)n(C(c3ccccc3)c3ccccc3)c3cccc(Cl)c23)cc1. The molecule has 0 aliphatic rings. The molecule has 0 radical (unpaired) electrons. The van der Waals surface area contributed by atoms with Crippen molar-refractivity contribution in [3.8, 4) is 11.5 Å². The van der Waals surface area contributed by atoms with Crippen molar-refractivity contribution in [1.82, 2.24) is 9.29 Å². The molecule has 0 fully saturated rings. The second kappa shape index (κ2) is 14.4. The van der Waals surface area contributed by atoms with E-state index in [0.717, 1.165) is 33.3 Å². The molecule has 6 rings (SSSR count). The lowest BCUT2D eigenvalue weighted by Crippen LogP contribution is -2.27. The summed E-state index contributed by atoms with van der Waals surface area (Å²) < 4.78 is 37.5. The molecule has 1 heterocycles. The molecule has 1 aromatic heterocycles. The maximum atomic E-state index is 13.3. The number of hydrogen-bond donors (Lipinski definition) is 3. The fraction of sp³-hybridized carbons (Fsp3) is 0.132. The predicted molar refractivity (Wildman–Crippen MR) is 187 cm³/mol. The van der Waals surface area contributed by atoms with Gasteiger partial charge >= 0.3 is 5.97 Å². The largest absolute Gasteiger partial charge is 0.507 e. The molecule has 3 N–H and O–H groups in total. The molecule has 0 saturated carbocycles. The van der Waals surface area contributed by atoms with E-state index < -0.39 is 16.0 Å². The number of hydrogen-bond acceptors (Lipinski definition) is 5. The highest BCUT2D eigenvalue weighted by Gasteiger charge is 2.27. The number of carboxylic acid groups (broad SMARTS) is 1. The van der Waals surface area contributed by atoms with Gasteiger partial charge in [-0.2, -0.15) is 0 Å². The number of benzene rings is 5. The van der Waals surface area contributed by atoms with E-state index in [0.29, 0.717) is 23.6 Å². The van der Waals surface area contributed by atoms with Crippen LogP contribution >= 0.6 is 11.6 Å². The van der Waals surface area contributed by atoms with Crippen molar-refractivity contribution in [3.05, 3.63) is 160 Å². The van der Waals surface area contributed by atoms with Gasteiger partial charge in [-0.3, -0.25) is 0 Å². The Labute approximate surface area is 283 Å². The van der Waals surface area contributed by atoms with Crippen LogP contribution in [0, 0.1) is 0 Å². The summed E-state index contributed by atoms with van der Waals surface area (Å²) in [6.07, 6.45) is 0.739. The average Bonchev–Trinajstić information content (AvgIpc) is 3.39. The fourth-order valence-electron chi connectivity index (χ4n) is 6.07. The number of para-hydroxylation sites is 1. The third kappa shape index (κ3) is 6.94. The van der Waals surface area contributed by atoms with Crippen LogP contribution in [0.1, 0.15) is 38.8 Å². The van der Waals surface area contributed by atoms with E-state index in [9.17, 15) is 23.4 Å². The van der Waals surface area contributed by atoms with Crippen molar-refractivity contribution < 1.29 is 28.2 Å². The van der Waals surface area contributed by atoms with Crippen LogP contribution in [0.5, 0.6) is 11.5 Å². The summed E-state index contributed by atoms with van der Waals surface area (Å²) in [6, 6.07) is 37.8. The number of nitrogens with one attached hydrogen (secondary N) is 1. The van der Waals surface area contributed by atoms with Gasteiger partial charge in [0.05, 0.1) is 28.8 Å². The van der Waals surface area contributed by atoms with Gasteiger partial charge in [0.25, 0.3) is 0 Å². The number of halogens is 1. The van der Waals surface area contributed by atoms with Gasteiger partial charge in [-0.1, -0.05) is 90.5 Å². The Morgan fingerprint density at radius 2 is 1.42 bits per heavy atom. The molecular formula is C38H33ClN2O6S. The second-order valence-corrected chi connectivity index (χ2v) is 13.3. The summed E-state index contributed by atoms with van der Waals surface area (Å²) in [5, 5.41) is 20.9. The third-order valence-electron chi connectivity index (χ3n) is 8.21. The molecule has 0 atom stereocenters. The van der Waals surface area contributed by atoms with Crippen LogP contribution in [0.2, 0.25) is 5.02 Å². The Morgan fingerprint density at radius 3 is 2.04 bits per heavy atom. The summed E-state index contributed by atoms with van der Waals surface area (Å²) in [6.45, 7) is 0.306. The topological polar surface area (TPSA) is 118 Å². The molecule has 244 valence electrons. The molecule has 6 aromatic rings. The predicted octanol–water partition coefficient (Wildman–Crippen LogP) is 7.48. The number of fused-ring (bicyclic) bond motifs is 1. The normalized spacial score (nSPS) is 11.6. The van der Waals surface area contributed by atoms with E-state index in [1.807, 2.05) is 54.6 Å². The molecule has 5 aromatic carbocycles. The van der Waals surface area contributed by atoms with Crippen molar-refractivity contribution in [3.63, 3.8) is 0 Å². The minimum Gasteiger partial charge on any atom is -0.507 e. The first-order valence-electron chi connectivity index (χ1n) is 15.4. The van der Waals surface area contributed by atoms with Crippen LogP contribution in [-0.2, 0) is 22.9 Å². The molecule has 0 saturated heterocycles.